The van der Waals surface area contributed by atoms with Gasteiger partial charge < -0.3 is 25.7 Å². The van der Waals surface area contributed by atoms with Crippen LogP contribution in [0.25, 0.3) is 11.1 Å². The number of anilines is 3. The predicted molar refractivity (Wildman–Crippen MR) is 135 cm³/mol. The highest BCUT2D eigenvalue weighted by Gasteiger charge is 2.47. The molecule has 2 fully saturated rings. The van der Waals surface area contributed by atoms with Crippen molar-refractivity contribution in [3.63, 3.8) is 0 Å². The molecule has 9 heteroatoms. The summed E-state index contributed by atoms with van der Waals surface area (Å²) in [4.78, 5) is 36.3. The number of likely N-dealkylation sites (tertiary alicyclic amines) is 1. The number of allylic oxidation sites excluding steroid dienone is 1. The van der Waals surface area contributed by atoms with Crippen LogP contribution in [0.5, 0.6) is 0 Å². The average molecular weight is 485 g/mol. The van der Waals surface area contributed by atoms with Gasteiger partial charge >= 0.3 is 0 Å². The summed E-state index contributed by atoms with van der Waals surface area (Å²) in [5.74, 6) is 0.775. The summed E-state index contributed by atoms with van der Waals surface area (Å²) in [6.07, 6.45) is 12.2. The van der Waals surface area contributed by atoms with Gasteiger partial charge in [0.05, 0.1) is 18.4 Å². The highest BCUT2D eigenvalue weighted by atomic mass is 16.3. The predicted octanol–water partition coefficient (Wildman–Crippen LogP) is 3.80. The van der Waals surface area contributed by atoms with Crippen molar-refractivity contribution in [1.82, 2.24) is 14.9 Å². The second kappa shape index (κ2) is 9.14. The third-order valence-corrected chi connectivity index (χ3v) is 7.47. The van der Waals surface area contributed by atoms with Crippen molar-refractivity contribution in [3.8, 4) is 11.1 Å². The van der Waals surface area contributed by atoms with Crippen molar-refractivity contribution in [2.75, 3.05) is 23.7 Å². The van der Waals surface area contributed by atoms with E-state index < -0.39 is 0 Å². The molecule has 2 aliphatic carbocycles. The van der Waals surface area contributed by atoms with Crippen LogP contribution in [0, 0.1) is 17.8 Å². The minimum Gasteiger partial charge on any atom is -0.472 e. The Bertz CT molecular complexity index is 1310. The van der Waals surface area contributed by atoms with Crippen molar-refractivity contribution < 1.29 is 14.0 Å². The first-order chi connectivity index (χ1) is 17.6. The van der Waals surface area contributed by atoms with Crippen LogP contribution in [0.1, 0.15) is 29.6 Å². The van der Waals surface area contributed by atoms with E-state index in [-0.39, 0.29) is 35.6 Å². The molecule has 36 heavy (non-hydrogen) atoms. The average Bonchev–Trinajstić information content (AvgIpc) is 3.69. The van der Waals surface area contributed by atoms with Gasteiger partial charge in [0.15, 0.2) is 0 Å². The van der Waals surface area contributed by atoms with Crippen LogP contribution in [0.2, 0.25) is 0 Å². The Morgan fingerprint density at radius 2 is 1.94 bits per heavy atom. The Labute approximate surface area is 208 Å². The maximum atomic E-state index is 12.8. The van der Waals surface area contributed by atoms with Gasteiger partial charge in [-0.2, -0.15) is 4.98 Å². The number of furan rings is 1. The Balaban J connectivity index is 1.29. The minimum atomic E-state index is -0.305. The zero-order valence-corrected chi connectivity index (χ0v) is 19.8. The van der Waals surface area contributed by atoms with E-state index in [0.29, 0.717) is 17.3 Å². The number of rotatable bonds is 7. The zero-order valence-electron chi connectivity index (χ0n) is 19.8. The molecule has 2 amide bonds. The van der Waals surface area contributed by atoms with Crippen molar-refractivity contribution in [1.29, 1.82) is 0 Å². The van der Waals surface area contributed by atoms with Gasteiger partial charge in [0, 0.05) is 47.7 Å². The van der Waals surface area contributed by atoms with Gasteiger partial charge in [0.25, 0.3) is 5.91 Å². The first kappa shape index (κ1) is 22.3. The second-order valence-electron chi connectivity index (χ2n) is 9.72. The number of hydrogen-bond acceptors (Lipinski definition) is 7. The zero-order chi connectivity index (χ0) is 24.6. The maximum Gasteiger partial charge on any atom is 0.253 e. The summed E-state index contributed by atoms with van der Waals surface area (Å²) < 4.78 is 5.29. The highest BCUT2D eigenvalue weighted by Crippen LogP contribution is 2.45. The monoisotopic (exact) mass is 484 g/mol. The molecule has 0 spiro atoms. The summed E-state index contributed by atoms with van der Waals surface area (Å²) in [6, 6.07) is 9.08. The van der Waals surface area contributed by atoms with Crippen LogP contribution in [-0.2, 0) is 4.79 Å². The number of hydrogen-bond donors (Lipinski definition) is 3. The van der Waals surface area contributed by atoms with E-state index in [2.05, 4.69) is 27.8 Å². The van der Waals surface area contributed by atoms with E-state index in [9.17, 15) is 9.59 Å². The Morgan fingerprint density at radius 3 is 2.72 bits per heavy atom. The molecular weight excluding hydrogens is 456 g/mol. The molecule has 0 radical (unpaired) electrons. The topological polar surface area (TPSA) is 126 Å². The molecule has 4 atom stereocenters. The Kier molecular flexibility index (Phi) is 5.67. The van der Waals surface area contributed by atoms with E-state index in [1.54, 1.807) is 18.7 Å². The molecule has 9 nitrogen and oxygen atoms in total. The quantitative estimate of drug-likeness (QED) is 0.435. The number of aromatic nitrogens is 2. The molecular formula is C27H28N6O3. The number of nitrogens with zero attached hydrogens (tertiary/aromatic N) is 3. The van der Waals surface area contributed by atoms with E-state index >= 15 is 0 Å². The normalized spacial score (nSPS) is 24.3. The van der Waals surface area contributed by atoms with Crippen molar-refractivity contribution in [3.05, 3.63) is 66.8 Å². The molecule has 1 unspecified atom stereocenters. The largest absolute Gasteiger partial charge is 0.472 e. The first-order valence-electron chi connectivity index (χ1n) is 12.4. The van der Waals surface area contributed by atoms with Crippen LogP contribution in [-0.4, -0.2) is 45.8 Å². The molecule has 1 saturated carbocycles. The van der Waals surface area contributed by atoms with E-state index in [1.165, 1.54) is 0 Å². The molecule has 3 heterocycles. The number of carbonyl (C=O) groups excluding carboxylic acids is 2. The van der Waals surface area contributed by atoms with Gasteiger partial charge in [-0.3, -0.25) is 9.59 Å². The maximum absolute atomic E-state index is 12.8. The van der Waals surface area contributed by atoms with Gasteiger partial charge in [-0.05, 0) is 55.4 Å². The number of fused-ring (bicyclic) bond motifs is 2. The van der Waals surface area contributed by atoms with Crippen molar-refractivity contribution in [2.24, 2.45) is 23.5 Å². The van der Waals surface area contributed by atoms with E-state index in [4.69, 9.17) is 15.1 Å². The number of benzene rings is 1. The van der Waals surface area contributed by atoms with Crippen LogP contribution in [0.4, 0.5) is 17.5 Å². The third-order valence-electron chi connectivity index (χ3n) is 7.47. The molecule has 2 bridgehead atoms. The second-order valence-corrected chi connectivity index (χ2v) is 9.72. The number of nitrogens with one attached hydrogen (secondary N) is 2. The summed E-state index contributed by atoms with van der Waals surface area (Å²) >= 11 is 0. The van der Waals surface area contributed by atoms with Crippen LogP contribution >= 0.6 is 0 Å². The fraction of sp³-hybridized carbons (Fsp3) is 0.333. The summed E-state index contributed by atoms with van der Waals surface area (Å²) in [5.41, 5.74) is 8.72. The van der Waals surface area contributed by atoms with Crippen molar-refractivity contribution in [2.45, 2.75) is 25.3 Å². The molecule has 3 aliphatic rings. The standard InChI is InChI=1S/C27H28N6O3/c28-24(34)22-16-6-7-17(12-16)23(22)31-25-21(19-8-11-36-15-19)14-29-27(32-25)30-20-5-3-4-18(13-20)26(35)33-9-1-2-10-33/h3-8,11,13-17,22-23H,1-2,9-10,12H2,(H2,28,34)(H2,29,30,31,32)/t16?,17-,22-,23+/m0/s1. The third kappa shape index (κ3) is 4.10. The van der Waals surface area contributed by atoms with E-state index in [0.717, 1.165) is 49.2 Å². The van der Waals surface area contributed by atoms with Gasteiger partial charge in [-0.25, -0.2) is 4.98 Å². The molecule has 6 rings (SSSR count). The SMILES string of the molecule is NC(=O)[C@H]1C2C=C[C@@H](C2)[C@H]1Nc1nc(Nc2cccc(C(=O)N3CCCC3)c2)ncc1-c1ccoc1. The number of carbonyl (C=O) groups is 2. The molecule has 2 aromatic heterocycles. The summed E-state index contributed by atoms with van der Waals surface area (Å²) in [6.45, 7) is 1.60. The fourth-order valence-electron chi connectivity index (χ4n) is 5.71. The molecule has 1 saturated heterocycles. The smallest absolute Gasteiger partial charge is 0.253 e. The molecule has 4 N–H and O–H groups in total. The summed E-state index contributed by atoms with van der Waals surface area (Å²) in [5, 5.41) is 6.74. The molecule has 184 valence electrons. The first-order valence-corrected chi connectivity index (χ1v) is 12.4. The van der Waals surface area contributed by atoms with E-state index in [1.807, 2.05) is 35.2 Å². The molecule has 3 aromatic rings. The van der Waals surface area contributed by atoms with Gasteiger partial charge in [0.2, 0.25) is 11.9 Å². The van der Waals surface area contributed by atoms with Gasteiger partial charge in [0.1, 0.15) is 5.82 Å². The number of primary amides is 1. The summed E-state index contributed by atoms with van der Waals surface area (Å²) in [7, 11) is 0. The lowest BCUT2D eigenvalue weighted by Crippen LogP contribution is -2.41. The lowest BCUT2D eigenvalue weighted by atomic mass is 9.88. The fourth-order valence-corrected chi connectivity index (χ4v) is 5.71. The van der Waals surface area contributed by atoms with Gasteiger partial charge in [-0.1, -0.05) is 18.2 Å². The highest BCUT2D eigenvalue weighted by molar-refractivity contribution is 5.95. The minimum absolute atomic E-state index is 0.0385. The Morgan fingerprint density at radius 1 is 1.11 bits per heavy atom. The van der Waals surface area contributed by atoms with Crippen molar-refractivity contribution >= 4 is 29.3 Å². The molecule has 1 aliphatic heterocycles. The lowest BCUT2D eigenvalue weighted by molar-refractivity contribution is -0.122. The number of nitrogens with two attached hydrogens (primary N) is 1. The van der Waals surface area contributed by atoms with Crippen LogP contribution in [0.15, 0.2) is 65.6 Å². The Hall–Kier alpha value is -4.14. The molecule has 1 aromatic carbocycles. The lowest BCUT2D eigenvalue weighted by Gasteiger charge is -2.28. The number of amides is 2. The van der Waals surface area contributed by atoms with Crippen LogP contribution < -0.4 is 16.4 Å². The van der Waals surface area contributed by atoms with Crippen LogP contribution in [0.3, 0.4) is 0 Å². The van der Waals surface area contributed by atoms with Gasteiger partial charge in [-0.15, -0.1) is 0 Å².